The Morgan fingerprint density at radius 1 is 1.18 bits per heavy atom. The van der Waals surface area contributed by atoms with E-state index in [1.807, 2.05) is 36.1 Å². The Hall–Kier alpha value is -3.03. The molecular formula is C20H26N4O4. The third-order valence-corrected chi connectivity index (χ3v) is 5.05. The summed E-state index contributed by atoms with van der Waals surface area (Å²) in [5.74, 6) is 1.02. The van der Waals surface area contributed by atoms with E-state index >= 15 is 0 Å². The van der Waals surface area contributed by atoms with Crippen molar-refractivity contribution < 1.29 is 9.53 Å². The molecule has 1 atom stereocenters. The van der Waals surface area contributed by atoms with Crippen LogP contribution in [0.25, 0.3) is 0 Å². The molecule has 1 aromatic heterocycles. The van der Waals surface area contributed by atoms with Gasteiger partial charge in [0.2, 0.25) is 5.91 Å². The van der Waals surface area contributed by atoms with Gasteiger partial charge in [-0.3, -0.25) is 18.7 Å². The molecule has 1 aliphatic heterocycles. The van der Waals surface area contributed by atoms with Crippen molar-refractivity contribution in [3.05, 3.63) is 51.2 Å². The predicted octanol–water partition coefficient (Wildman–Crippen LogP) is 1.34. The summed E-state index contributed by atoms with van der Waals surface area (Å²) in [4.78, 5) is 38.9. The molecule has 0 saturated carbocycles. The van der Waals surface area contributed by atoms with Gasteiger partial charge in [0.15, 0.2) is 0 Å². The van der Waals surface area contributed by atoms with Crippen molar-refractivity contribution in [3.8, 4) is 5.75 Å². The van der Waals surface area contributed by atoms with Crippen molar-refractivity contribution in [2.45, 2.75) is 19.8 Å². The van der Waals surface area contributed by atoms with Crippen molar-refractivity contribution in [2.24, 2.45) is 20.0 Å². The van der Waals surface area contributed by atoms with Gasteiger partial charge >= 0.3 is 5.69 Å². The molecule has 1 N–H and O–H groups in total. The quantitative estimate of drug-likeness (QED) is 0.838. The van der Waals surface area contributed by atoms with Crippen LogP contribution in [-0.4, -0.2) is 34.7 Å². The molecule has 0 bridgehead atoms. The predicted molar refractivity (Wildman–Crippen MR) is 108 cm³/mol. The average Bonchev–Trinajstić information content (AvgIpc) is 2.71. The SMILES string of the molecule is CCOc1ccc(NC(=O)C2CCCN(c3cc(=O)n(C)c(=O)n3C)C2)cc1. The minimum Gasteiger partial charge on any atom is -0.494 e. The highest BCUT2D eigenvalue weighted by atomic mass is 16.5. The number of benzene rings is 1. The zero-order valence-corrected chi connectivity index (χ0v) is 16.5. The summed E-state index contributed by atoms with van der Waals surface area (Å²) >= 11 is 0. The van der Waals surface area contributed by atoms with Crippen LogP contribution in [0.5, 0.6) is 5.75 Å². The molecule has 0 aliphatic carbocycles. The van der Waals surface area contributed by atoms with Gasteiger partial charge in [0.25, 0.3) is 5.56 Å². The van der Waals surface area contributed by atoms with E-state index in [2.05, 4.69) is 5.32 Å². The number of hydrogen-bond donors (Lipinski definition) is 1. The summed E-state index contributed by atoms with van der Waals surface area (Å²) in [6, 6.07) is 8.72. The first kappa shape index (κ1) is 19.7. The molecule has 3 rings (SSSR count). The standard InChI is InChI=1S/C20H26N4O4/c1-4-28-16-9-7-15(8-10-16)21-19(26)14-6-5-11-24(13-14)17-12-18(25)23(3)20(27)22(17)2/h7-10,12,14H,4-6,11,13H2,1-3H3,(H,21,26). The number of piperidine rings is 1. The first-order chi connectivity index (χ1) is 13.4. The molecule has 1 amide bonds. The Morgan fingerprint density at radius 3 is 2.57 bits per heavy atom. The molecule has 1 fully saturated rings. The molecule has 8 heteroatoms. The number of aromatic nitrogens is 2. The second-order valence-electron chi connectivity index (χ2n) is 6.97. The van der Waals surface area contributed by atoms with Gasteiger partial charge in [-0.2, -0.15) is 0 Å². The minimum atomic E-state index is -0.372. The Bertz CT molecular complexity index is 962. The van der Waals surface area contributed by atoms with Crippen LogP contribution < -0.4 is 26.2 Å². The molecule has 1 unspecified atom stereocenters. The van der Waals surface area contributed by atoms with E-state index in [1.54, 1.807) is 7.05 Å². The van der Waals surface area contributed by atoms with Crippen LogP contribution in [0, 0.1) is 5.92 Å². The smallest absolute Gasteiger partial charge is 0.332 e. The first-order valence-corrected chi connectivity index (χ1v) is 9.46. The summed E-state index contributed by atoms with van der Waals surface area (Å²) in [6.07, 6.45) is 1.57. The summed E-state index contributed by atoms with van der Waals surface area (Å²) in [5, 5.41) is 2.94. The lowest BCUT2D eigenvalue weighted by molar-refractivity contribution is -0.120. The maximum Gasteiger partial charge on any atom is 0.332 e. The lowest BCUT2D eigenvalue weighted by Crippen LogP contribution is -2.45. The van der Waals surface area contributed by atoms with Crippen molar-refractivity contribution in [1.29, 1.82) is 0 Å². The van der Waals surface area contributed by atoms with Gasteiger partial charge in [-0.15, -0.1) is 0 Å². The zero-order chi connectivity index (χ0) is 20.3. The minimum absolute atomic E-state index is 0.0670. The lowest BCUT2D eigenvalue weighted by Gasteiger charge is -2.34. The maximum absolute atomic E-state index is 12.7. The van der Waals surface area contributed by atoms with Gasteiger partial charge in [0.05, 0.1) is 12.5 Å². The number of hydrogen-bond acceptors (Lipinski definition) is 5. The van der Waals surface area contributed by atoms with E-state index in [0.29, 0.717) is 31.2 Å². The highest BCUT2D eigenvalue weighted by Crippen LogP contribution is 2.23. The largest absolute Gasteiger partial charge is 0.494 e. The van der Waals surface area contributed by atoms with Gasteiger partial charge in [0, 0.05) is 38.9 Å². The van der Waals surface area contributed by atoms with Crippen LogP contribution in [0.1, 0.15) is 19.8 Å². The number of nitrogens with zero attached hydrogens (tertiary/aromatic N) is 3. The van der Waals surface area contributed by atoms with E-state index in [1.165, 1.54) is 17.7 Å². The van der Waals surface area contributed by atoms with E-state index in [9.17, 15) is 14.4 Å². The van der Waals surface area contributed by atoms with Gasteiger partial charge in [0.1, 0.15) is 11.6 Å². The number of amides is 1. The summed E-state index contributed by atoms with van der Waals surface area (Å²) in [5.41, 5.74) is -0.00548. The third kappa shape index (κ3) is 4.11. The number of carbonyl (C=O) groups excluding carboxylic acids is 1. The zero-order valence-electron chi connectivity index (χ0n) is 16.5. The number of nitrogens with one attached hydrogen (secondary N) is 1. The normalized spacial score (nSPS) is 16.7. The monoisotopic (exact) mass is 386 g/mol. The third-order valence-electron chi connectivity index (χ3n) is 5.05. The van der Waals surface area contributed by atoms with Crippen molar-refractivity contribution >= 4 is 17.4 Å². The molecule has 1 saturated heterocycles. The van der Waals surface area contributed by atoms with Crippen LogP contribution >= 0.6 is 0 Å². The fourth-order valence-corrected chi connectivity index (χ4v) is 3.47. The molecular weight excluding hydrogens is 360 g/mol. The molecule has 0 radical (unpaired) electrons. The Morgan fingerprint density at radius 2 is 1.89 bits per heavy atom. The molecule has 150 valence electrons. The highest BCUT2D eigenvalue weighted by molar-refractivity contribution is 5.93. The fraction of sp³-hybridized carbons (Fsp3) is 0.450. The first-order valence-electron chi connectivity index (χ1n) is 9.46. The van der Waals surface area contributed by atoms with Gasteiger partial charge in [-0.25, -0.2) is 4.79 Å². The van der Waals surface area contributed by atoms with Crippen LogP contribution in [0.4, 0.5) is 11.5 Å². The summed E-state index contributed by atoms with van der Waals surface area (Å²) in [7, 11) is 3.10. The van der Waals surface area contributed by atoms with Crippen LogP contribution in [0.3, 0.4) is 0 Å². The van der Waals surface area contributed by atoms with E-state index in [-0.39, 0.29) is 23.1 Å². The van der Waals surface area contributed by atoms with E-state index in [4.69, 9.17) is 4.74 Å². The topological polar surface area (TPSA) is 85.6 Å². The number of anilines is 2. The second-order valence-corrected chi connectivity index (χ2v) is 6.97. The average molecular weight is 386 g/mol. The van der Waals surface area contributed by atoms with E-state index < -0.39 is 0 Å². The second kappa shape index (κ2) is 8.33. The molecule has 2 heterocycles. The van der Waals surface area contributed by atoms with Crippen molar-refractivity contribution in [2.75, 3.05) is 29.9 Å². The van der Waals surface area contributed by atoms with Gasteiger partial charge in [-0.1, -0.05) is 0 Å². The number of rotatable bonds is 5. The van der Waals surface area contributed by atoms with Gasteiger partial charge < -0.3 is 15.0 Å². The lowest BCUT2D eigenvalue weighted by atomic mass is 9.97. The summed E-state index contributed by atoms with van der Waals surface area (Å²) in [6.45, 7) is 3.67. The Kier molecular flexibility index (Phi) is 5.87. The van der Waals surface area contributed by atoms with Crippen molar-refractivity contribution in [1.82, 2.24) is 9.13 Å². The highest BCUT2D eigenvalue weighted by Gasteiger charge is 2.27. The Labute approximate surface area is 163 Å². The van der Waals surface area contributed by atoms with Gasteiger partial charge in [-0.05, 0) is 44.0 Å². The number of carbonyl (C=O) groups is 1. The molecule has 0 spiro atoms. The fourth-order valence-electron chi connectivity index (χ4n) is 3.47. The Balaban J connectivity index is 1.72. The van der Waals surface area contributed by atoms with Crippen LogP contribution in [0.15, 0.2) is 39.9 Å². The number of ether oxygens (including phenoxy) is 1. The molecule has 1 aliphatic rings. The molecule has 2 aromatic rings. The van der Waals surface area contributed by atoms with Crippen molar-refractivity contribution in [3.63, 3.8) is 0 Å². The summed E-state index contributed by atoms with van der Waals surface area (Å²) < 4.78 is 7.94. The maximum atomic E-state index is 12.7. The van der Waals surface area contributed by atoms with E-state index in [0.717, 1.165) is 23.2 Å². The molecule has 1 aromatic carbocycles. The molecule has 28 heavy (non-hydrogen) atoms. The van der Waals surface area contributed by atoms with Crippen LogP contribution in [0.2, 0.25) is 0 Å². The van der Waals surface area contributed by atoms with Crippen LogP contribution in [-0.2, 0) is 18.9 Å². The molecule has 8 nitrogen and oxygen atoms in total.